The molecule has 0 fully saturated rings. The summed E-state index contributed by atoms with van der Waals surface area (Å²) in [6.45, 7) is 2.94. The number of benzene rings is 1. The zero-order chi connectivity index (χ0) is 14.2. The van der Waals surface area contributed by atoms with Crippen molar-refractivity contribution in [2.75, 3.05) is 13.7 Å². The third kappa shape index (κ3) is 4.15. The van der Waals surface area contributed by atoms with Crippen molar-refractivity contribution < 1.29 is 4.74 Å². The zero-order valence-electron chi connectivity index (χ0n) is 12.1. The summed E-state index contributed by atoms with van der Waals surface area (Å²) in [7, 11) is 1.74. The normalized spacial score (nSPS) is 13.9. The highest BCUT2D eigenvalue weighted by Gasteiger charge is 2.17. The molecule has 0 aliphatic heterocycles. The average molecular weight is 270 g/mol. The third-order valence-corrected chi connectivity index (χ3v) is 3.32. The topological polar surface area (TPSA) is 34.1 Å². The van der Waals surface area contributed by atoms with E-state index >= 15 is 0 Å². The van der Waals surface area contributed by atoms with Gasteiger partial charge in [-0.25, -0.2) is 0 Å². The fourth-order valence-corrected chi connectivity index (χ4v) is 2.21. The Morgan fingerprint density at radius 3 is 2.50 bits per heavy atom. The minimum atomic E-state index is 0.115. The summed E-state index contributed by atoms with van der Waals surface area (Å²) in [4.78, 5) is 4.50. The van der Waals surface area contributed by atoms with Crippen molar-refractivity contribution in [1.82, 2.24) is 10.3 Å². The van der Waals surface area contributed by atoms with Crippen molar-refractivity contribution in [3.63, 3.8) is 0 Å². The molecule has 2 atom stereocenters. The van der Waals surface area contributed by atoms with Gasteiger partial charge in [0.15, 0.2) is 0 Å². The summed E-state index contributed by atoms with van der Waals surface area (Å²) in [5.74, 6) is 0. The van der Waals surface area contributed by atoms with E-state index < -0.39 is 0 Å². The molecule has 2 rings (SSSR count). The van der Waals surface area contributed by atoms with E-state index in [1.54, 1.807) is 7.11 Å². The molecule has 0 bridgehead atoms. The molecule has 2 unspecified atom stereocenters. The molecule has 2 aromatic rings. The molecule has 0 radical (unpaired) electrons. The van der Waals surface area contributed by atoms with Gasteiger partial charge < -0.3 is 10.1 Å². The average Bonchev–Trinajstić information content (AvgIpc) is 2.52. The molecule has 3 heteroatoms. The Kier molecular flexibility index (Phi) is 5.71. The molecule has 0 saturated carbocycles. The highest BCUT2D eigenvalue weighted by molar-refractivity contribution is 5.27. The molecule has 3 nitrogen and oxygen atoms in total. The number of aromatic nitrogens is 1. The maximum atomic E-state index is 5.15. The molecule has 1 aromatic carbocycles. The summed E-state index contributed by atoms with van der Waals surface area (Å²) in [5, 5.41) is 3.64. The first kappa shape index (κ1) is 14.7. The lowest BCUT2D eigenvalue weighted by molar-refractivity contribution is 0.183. The predicted octanol–water partition coefficient (Wildman–Crippen LogP) is 3.19. The van der Waals surface area contributed by atoms with Gasteiger partial charge in [0.25, 0.3) is 0 Å². The van der Waals surface area contributed by atoms with E-state index in [1.165, 1.54) is 5.56 Å². The Bertz CT molecular complexity index is 447. The van der Waals surface area contributed by atoms with Crippen molar-refractivity contribution in [2.45, 2.75) is 25.4 Å². The van der Waals surface area contributed by atoms with Gasteiger partial charge in [-0.2, -0.15) is 0 Å². The second-order valence-corrected chi connectivity index (χ2v) is 4.95. The Morgan fingerprint density at radius 2 is 1.85 bits per heavy atom. The number of ether oxygens (including phenoxy) is 1. The summed E-state index contributed by atoms with van der Waals surface area (Å²) in [5.41, 5.74) is 2.28. The Morgan fingerprint density at radius 1 is 1.10 bits per heavy atom. The van der Waals surface area contributed by atoms with E-state index in [0.29, 0.717) is 6.04 Å². The van der Waals surface area contributed by atoms with Crippen LogP contribution < -0.4 is 5.32 Å². The molecule has 20 heavy (non-hydrogen) atoms. The Hall–Kier alpha value is -1.71. The van der Waals surface area contributed by atoms with Crippen LogP contribution in [0.15, 0.2) is 54.7 Å². The van der Waals surface area contributed by atoms with Crippen LogP contribution in [0.1, 0.15) is 30.6 Å². The molecule has 0 amide bonds. The molecule has 0 spiro atoms. The Balaban J connectivity index is 2.17. The number of rotatable bonds is 7. The van der Waals surface area contributed by atoms with Crippen LogP contribution in [-0.4, -0.2) is 24.7 Å². The summed E-state index contributed by atoms with van der Waals surface area (Å²) >= 11 is 0. The maximum Gasteiger partial charge on any atom is 0.0753 e. The minimum Gasteiger partial charge on any atom is -0.385 e. The first-order valence-corrected chi connectivity index (χ1v) is 7.02. The van der Waals surface area contributed by atoms with Gasteiger partial charge >= 0.3 is 0 Å². The van der Waals surface area contributed by atoms with Gasteiger partial charge in [0, 0.05) is 26.0 Å². The second-order valence-electron chi connectivity index (χ2n) is 4.95. The summed E-state index contributed by atoms with van der Waals surface area (Å²) < 4.78 is 5.15. The fraction of sp³-hybridized carbons (Fsp3) is 0.353. The highest BCUT2D eigenvalue weighted by Crippen LogP contribution is 2.20. The van der Waals surface area contributed by atoms with Crippen molar-refractivity contribution in [3.05, 3.63) is 66.0 Å². The molecule has 1 aromatic heterocycles. The standard InChI is InChI=1S/C17H22N2O/c1-14(11-13-20-2)19-17(15-8-4-3-5-9-15)16-10-6-7-12-18-16/h3-10,12,14,17,19H,11,13H2,1-2H3. The van der Waals surface area contributed by atoms with Crippen LogP contribution in [0.2, 0.25) is 0 Å². The summed E-state index contributed by atoms with van der Waals surface area (Å²) in [6.07, 6.45) is 2.82. The van der Waals surface area contributed by atoms with E-state index in [0.717, 1.165) is 18.7 Å². The number of nitrogens with zero attached hydrogens (tertiary/aromatic N) is 1. The molecule has 106 valence electrons. The van der Waals surface area contributed by atoms with Crippen molar-refractivity contribution >= 4 is 0 Å². The molecule has 0 aliphatic carbocycles. The van der Waals surface area contributed by atoms with E-state index in [2.05, 4.69) is 47.6 Å². The zero-order valence-corrected chi connectivity index (χ0v) is 12.1. The number of nitrogens with one attached hydrogen (secondary N) is 1. The minimum absolute atomic E-state index is 0.115. The van der Waals surface area contributed by atoms with Crippen LogP contribution in [0.3, 0.4) is 0 Å². The lowest BCUT2D eigenvalue weighted by Crippen LogP contribution is -2.32. The molecule has 0 aliphatic rings. The van der Waals surface area contributed by atoms with Crippen molar-refractivity contribution in [3.8, 4) is 0 Å². The van der Waals surface area contributed by atoms with E-state index in [4.69, 9.17) is 4.74 Å². The molecule has 0 saturated heterocycles. The second kappa shape index (κ2) is 7.78. The van der Waals surface area contributed by atoms with Gasteiger partial charge in [-0.15, -0.1) is 0 Å². The van der Waals surface area contributed by atoms with Crippen LogP contribution in [0.4, 0.5) is 0 Å². The molecular formula is C17H22N2O. The van der Waals surface area contributed by atoms with Crippen LogP contribution in [0, 0.1) is 0 Å². The van der Waals surface area contributed by atoms with Gasteiger partial charge in [-0.3, -0.25) is 4.98 Å². The summed E-state index contributed by atoms with van der Waals surface area (Å²) in [6, 6.07) is 16.9. The fourth-order valence-electron chi connectivity index (χ4n) is 2.21. The van der Waals surface area contributed by atoms with E-state index in [-0.39, 0.29) is 6.04 Å². The first-order chi connectivity index (χ1) is 9.81. The number of hydrogen-bond acceptors (Lipinski definition) is 3. The van der Waals surface area contributed by atoms with Gasteiger partial charge in [0.2, 0.25) is 0 Å². The van der Waals surface area contributed by atoms with Gasteiger partial charge in [0.05, 0.1) is 11.7 Å². The number of hydrogen-bond donors (Lipinski definition) is 1. The number of methoxy groups -OCH3 is 1. The molecular weight excluding hydrogens is 248 g/mol. The number of pyridine rings is 1. The van der Waals surface area contributed by atoms with Crippen molar-refractivity contribution in [2.24, 2.45) is 0 Å². The van der Waals surface area contributed by atoms with Crippen LogP contribution in [0.5, 0.6) is 0 Å². The van der Waals surface area contributed by atoms with Crippen LogP contribution >= 0.6 is 0 Å². The monoisotopic (exact) mass is 270 g/mol. The highest BCUT2D eigenvalue weighted by atomic mass is 16.5. The largest absolute Gasteiger partial charge is 0.385 e. The van der Waals surface area contributed by atoms with E-state index in [9.17, 15) is 0 Å². The van der Waals surface area contributed by atoms with E-state index in [1.807, 2.05) is 24.4 Å². The molecule has 1 heterocycles. The first-order valence-electron chi connectivity index (χ1n) is 7.02. The van der Waals surface area contributed by atoms with Gasteiger partial charge in [0.1, 0.15) is 0 Å². The van der Waals surface area contributed by atoms with Crippen LogP contribution in [0.25, 0.3) is 0 Å². The Labute approximate surface area is 121 Å². The predicted molar refractivity (Wildman–Crippen MR) is 81.6 cm³/mol. The van der Waals surface area contributed by atoms with Gasteiger partial charge in [-0.05, 0) is 31.0 Å². The quantitative estimate of drug-likeness (QED) is 0.839. The third-order valence-electron chi connectivity index (χ3n) is 3.32. The van der Waals surface area contributed by atoms with Crippen LogP contribution in [-0.2, 0) is 4.74 Å². The molecule has 1 N–H and O–H groups in total. The van der Waals surface area contributed by atoms with Crippen molar-refractivity contribution in [1.29, 1.82) is 0 Å². The lowest BCUT2D eigenvalue weighted by Gasteiger charge is -2.23. The van der Waals surface area contributed by atoms with Gasteiger partial charge in [-0.1, -0.05) is 36.4 Å². The lowest BCUT2D eigenvalue weighted by atomic mass is 10.0. The smallest absolute Gasteiger partial charge is 0.0753 e. The maximum absolute atomic E-state index is 5.15. The SMILES string of the molecule is COCCC(C)NC(c1ccccc1)c1ccccn1.